The van der Waals surface area contributed by atoms with Crippen molar-refractivity contribution in [2.45, 2.75) is 12.8 Å². The Labute approximate surface area is 192 Å². The number of benzene rings is 1. The van der Waals surface area contributed by atoms with Crippen molar-refractivity contribution < 1.29 is 4.79 Å². The number of fused-ring (bicyclic) bond motifs is 1. The molecule has 0 aliphatic carbocycles. The molecule has 0 aliphatic heterocycles. The van der Waals surface area contributed by atoms with E-state index in [4.69, 9.17) is 0 Å². The van der Waals surface area contributed by atoms with Gasteiger partial charge >= 0.3 is 0 Å². The number of H-pyrrole nitrogens is 1. The third kappa shape index (κ3) is 4.78. The number of aromatic amines is 1. The molecule has 0 bridgehead atoms. The minimum absolute atomic E-state index is 0. The van der Waals surface area contributed by atoms with Gasteiger partial charge in [0.15, 0.2) is 0 Å². The summed E-state index contributed by atoms with van der Waals surface area (Å²) in [4.78, 5) is 39.2. The summed E-state index contributed by atoms with van der Waals surface area (Å²) in [7, 11) is 1.62. The number of hydrogen-bond donors (Lipinski definition) is 3. The number of pyridine rings is 2. The number of carbonyl (C=O) groups excluding carboxylic acids is 1. The summed E-state index contributed by atoms with van der Waals surface area (Å²) in [6.45, 7) is 2.72. The predicted molar refractivity (Wildman–Crippen MR) is 131 cm³/mol. The van der Waals surface area contributed by atoms with Gasteiger partial charge in [-0.25, -0.2) is 9.97 Å². The van der Waals surface area contributed by atoms with Crippen molar-refractivity contribution in [1.82, 2.24) is 25.3 Å². The number of aromatic nitrogens is 4. The molecule has 0 aliphatic rings. The number of hydrogen-bond acceptors (Lipinski definition) is 6. The van der Waals surface area contributed by atoms with Crippen LogP contribution in [0.25, 0.3) is 22.2 Å². The van der Waals surface area contributed by atoms with Gasteiger partial charge in [-0.15, -0.1) is 0 Å². The van der Waals surface area contributed by atoms with Crippen LogP contribution in [0.2, 0.25) is 0 Å². The standard InChI is InChI=1S/C23H22N6O2.H2S/c1-14(16-4-3-5-17-18(23(31)24-2)8-9-25-22(16)17)11-26-20-10-19(28-13-29-20)15-6-7-21(30)27-12-15;/h3-10,12-14H,11H2,1-2H3,(H,24,31)(H,27,30)(H,26,28,29);1H2/t14-;/m1./s1. The van der Waals surface area contributed by atoms with Gasteiger partial charge < -0.3 is 15.6 Å². The minimum atomic E-state index is -0.159. The summed E-state index contributed by atoms with van der Waals surface area (Å²) in [5.41, 5.74) is 3.82. The summed E-state index contributed by atoms with van der Waals surface area (Å²) in [6, 6.07) is 12.6. The highest BCUT2D eigenvalue weighted by Gasteiger charge is 2.15. The Hall–Kier alpha value is -3.72. The second-order valence-corrected chi connectivity index (χ2v) is 7.19. The van der Waals surface area contributed by atoms with Crippen LogP contribution in [0.3, 0.4) is 0 Å². The van der Waals surface area contributed by atoms with E-state index in [1.54, 1.807) is 31.6 Å². The molecule has 0 saturated heterocycles. The quantitative estimate of drug-likeness (QED) is 0.418. The highest BCUT2D eigenvalue weighted by atomic mass is 32.1. The molecule has 9 heteroatoms. The molecule has 32 heavy (non-hydrogen) atoms. The van der Waals surface area contributed by atoms with Crippen molar-refractivity contribution in [2.24, 2.45) is 0 Å². The molecule has 4 rings (SSSR count). The van der Waals surface area contributed by atoms with Crippen LogP contribution >= 0.6 is 13.5 Å². The van der Waals surface area contributed by atoms with E-state index in [1.165, 1.54) is 12.4 Å². The molecular formula is C23H24N6O2S. The molecule has 4 aromatic rings. The molecule has 0 fully saturated rings. The molecule has 8 nitrogen and oxygen atoms in total. The molecule has 0 unspecified atom stereocenters. The summed E-state index contributed by atoms with van der Waals surface area (Å²) in [5.74, 6) is 0.663. The largest absolute Gasteiger partial charge is 0.369 e. The maximum absolute atomic E-state index is 12.2. The molecule has 1 amide bonds. The molecule has 0 spiro atoms. The van der Waals surface area contributed by atoms with Gasteiger partial charge in [-0.3, -0.25) is 14.6 Å². The van der Waals surface area contributed by atoms with Crippen LogP contribution in [0.4, 0.5) is 5.82 Å². The molecule has 3 heterocycles. The number of rotatable bonds is 6. The summed E-state index contributed by atoms with van der Waals surface area (Å²) in [6.07, 6.45) is 4.78. The average molecular weight is 449 g/mol. The van der Waals surface area contributed by atoms with E-state index in [-0.39, 0.29) is 30.9 Å². The van der Waals surface area contributed by atoms with Crippen LogP contribution in [-0.2, 0) is 0 Å². The second kappa shape index (κ2) is 10.1. The highest BCUT2D eigenvalue weighted by Crippen LogP contribution is 2.26. The molecule has 3 aromatic heterocycles. The van der Waals surface area contributed by atoms with Gasteiger partial charge in [0.1, 0.15) is 12.1 Å². The Bertz CT molecular complexity index is 1290. The maximum atomic E-state index is 12.2. The summed E-state index contributed by atoms with van der Waals surface area (Å²) < 4.78 is 0. The summed E-state index contributed by atoms with van der Waals surface area (Å²) in [5, 5.41) is 6.85. The zero-order valence-electron chi connectivity index (χ0n) is 17.7. The Balaban J connectivity index is 0.00000289. The van der Waals surface area contributed by atoms with E-state index in [2.05, 4.69) is 37.5 Å². The number of nitrogens with one attached hydrogen (secondary N) is 3. The molecule has 1 aromatic carbocycles. The van der Waals surface area contributed by atoms with Gasteiger partial charge in [0.25, 0.3) is 5.91 Å². The van der Waals surface area contributed by atoms with Gasteiger partial charge in [-0.05, 0) is 17.7 Å². The zero-order valence-corrected chi connectivity index (χ0v) is 18.7. The maximum Gasteiger partial charge on any atom is 0.251 e. The van der Waals surface area contributed by atoms with Crippen molar-refractivity contribution >= 4 is 36.1 Å². The van der Waals surface area contributed by atoms with Gasteiger partial charge in [0, 0.05) is 55.0 Å². The number of anilines is 1. The van der Waals surface area contributed by atoms with E-state index >= 15 is 0 Å². The topological polar surface area (TPSA) is 113 Å². The normalized spacial score (nSPS) is 11.4. The molecule has 164 valence electrons. The van der Waals surface area contributed by atoms with E-state index in [9.17, 15) is 9.59 Å². The fourth-order valence-corrected chi connectivity index (χ4v) is 3.48. The molecule has 0 radical (unpaired) electrons. The molecule has 3 N–H and O–H groups in total. The molecular weight excluding hydrogens is 424 g/mol. The van der Waals surface area contributed by atoms with E-state index in [0.29, 0.717) is 23.6 Å². The Kier molecular flexibility index (Phi) is 7.21. The highest BCUT2D eigenvalue weighted by molar-refractivity contribution is 7.59. The number of nitrogens with zero attached hydrogens (tertiary/aromatic N) is 3. The van der Waals surface area contributed by atoms with Crippen LogP contribution in [0.1, 0.15) is 28.8 Å². The van der Waals surface area contributed by atoms with Crippen molar-refractivity contribution in [1.29, 1.82) is 0 Å². The Morgan fingerprint density at radius 3 is 2.72 bits per heavy atom. The minimum Gasteiger partial charge on any atom is -0.369 e. The Morgan fingerprint density at radius 2 is 1.97 bits per heavy atom. The van der Waals surface area contributed by atoms with Gasteiger partial charge in [0.05, 0.1) is 16.8 Å². The lowest BCUT2D eigenvalue weighted by Crippen LogP contribution is -2.18. The first kappa shape index (κ1) is 23.0. The Morgan fingerprint density at radius 1 is 1.12 bits per heavy atom. The fraction of sp³-hybridized carbons (Fsp3) is 0.174. The van der Waals surface area contributed by atoms with Crippen LogP contribution < -0.4 is 16.2 Å². The zero-order chi connectivity index (χ0) is 21.8. The van der Waals surface area contributed by atoms with E-state index in [1.807, 2.05) is 24.3 Å². The van der Waals surface area contributed by atoms with E-state index in [0.717, 1.165) is 22.0 Å². The lowest BCUT2D eigenvalue weighted by Gasteiger charge is -2.16. The first-order valence-corrected chi connectivity index (χ1v) is 9.91. The number of carbonyl (C=O) groups is 1. The SMILES string of the molecule is CNC(=O)c1ccnc2c([C@H](C)CNc3cc(-c4ccc(=O)[nH]c4)ncn3)cccc12.S. The first-order valence-electron chi connectivity index (χ1n) is 9.91. The third-order valence-electron chi connectivity index (χ3n) is 5.14. The van der Waals surface area contributed by atoms with Crippen molar-refractivity contribution in [2.75, 3.05) is 18.9 Å². The van der Waals surface area contributed by atoms with Gasteiger partial charge in [-0.1, -0.05) is 25.1 Å². The fourth-order valence-electron chi connectivity index (χ4n) is 3.48. The monoisotopic (exact) mass is 448 g/mol. The van der Waals surface area contributed by atoms with Crippen molar-refractivity contribution in [3.05, 3.63) is 82.7 Å². The smallest absolute Gasteiger partial charge is 0.251 e. The lowest BCUT2D eigenvalue weighted by atomic mass is 9.96. The van der Waals surface area contributed by atoms with Crippen LogP contribution in [-0.4, -0.2) is 39.4 Å². The number of para-hydroxylation sites is 1. The van der Waals surface area contributed by atoms with Gasteiger partial charge in [0.2, 0.25) is 5.56 Å². The average Bonchev–Trinajstić information content (AvgIpc) is 2.82. The van der Waals surface area contributed by atoms with Crippen LogP contribution in [0, 0.1) is 0 Å². The second-order valence-electron chi connectivity index (χ2n) is 7.19. The first-order chi connectivity index (χ1) is 15.1. The van der Waals surface area contributed by atoms with Crippen molar-refractivity contribution in [3.63, 3.8) is 0 Å². The van der Waals surface area contributed by atoms with Crippen molar-refractivity contribution in [3.8, 4) is 11.3 Å². The van der Waals surface area contributed by atoms with E-state index < -0.39 is 0 Å². The molecule has 0 saturated carbocycles. The third-order valence-corrected chi connectivity index (χ3v) is 5.14. The van der Waals surface area contributed by atoms with Gasteiger partial charge in [-0.2, -0.15) is 13.5 Å². The summed E-state index contributed by atoms with van der Waals surface area (Å²) >= 11 is 0. The lowest BCUT2D eigenvalue weighted by molar-refractivity contribution is 0.0964. The predicted octanol–water partition coefficient (Wildman–Crippen LogP) is 3.07. The molecule has 1 atom stereocenters. The number of amides is 1. The van der Waals surface area contributed by atoms with Crippen LogP contribution in [0.15, 0.2) is 66.0 Å². The van der Waals surface area contributed by atoms with Crippen LogP contribution in [0.5, 0.6) is 0 Å².